The topological polar surface area (TPSA) is 69.7 Å². The van der Waals surface area contributed by atoms with Crippen molar-refractivity contribution in [1.29, 1.82) is 0 Å². The second-order valence-corrected chi connectivity index (χ2v) is 6.06. The standard InChI is InChI=1S/C14H21N3O3/c1-16-7-6-10(13(16)19)15-11-8-12(18)17(14(11)20)9-4-2-3-5-9/h9-11,15H,2-8H2,1H3. The fourth-order valence-electron chi connectivity index (χ4n) is 3.55. The highest BCUT2D eigenvalue weighted by atomic mass is 16.2. The van der Waals surface area contributed by atoms with Crippen molar-refractivity contribution in [3.05, 3.63) is 0 Å². The van der Waals surface area contributed by atoms with E-state index in [1.54, 1.807) is 11.9 Å². The molecule has 3 aliphatic rings. The lowest BCUT2D eigenvalue weighted by molar-refractivity contribution is -0.141. The molecule has 2 saturated heterocycles. The number of carbonyl (C=O) groups is 3. The van der Waals surface area contributed by atoms with Crippen LogP contribution in [0.5, 0.6) is 0 Å². The average molecular weight is 279 g/mol. The van der Waals surface area contributed by atoms with E-state index in [0.717, 1.165) is 25.7 Å². The largest absolute Gasteiger partial charge is 0.344 e. The van der Waals surface area contributed by atoms with Gasteiger partial charge in [-0.15, -0.1) is 0 Å². The molecule has 0 aromatic rings. The molecule has 1 saturated carbocycles. The Kier molecular flexibility index (Phi) is 3.50. The van der Waals surface area contributed by atoms with E-state index < -0.39 is 6.04 Å². The summed E-state index contributed by atoms with van der Waals surface area (Å²) in [6.45, 7) is 0.706. The van der Waals surface area contributed by atoms with Crippen molar-refractivity contribution in [3.63, 3.8) is 0 Å². The quantitative estimate of drug-likeness (QED) is 0.731. The molecule has 1 aliphatic carbocycles. The van der Waals surface area contributed by atoms with Gasteiger partial charge >= 0.3 is 0 Å². The molecule has 0 aromatic heterocycles. The number of nitrogens with zero attached hydrogens (tertiary/aromatic N) is 2. The Morgan fingerprint density at radius 2 is 1.70 bits per heavy atom. The first-order valence-electron chi connectivity index (χ1n) is 7.45. The van der Waals surface area contributed by atoms with Crippen LogP contribution in [0.1, 0.15) is 38.5 Å². The molecule has 2 heterocycles. The van der Waals surface area contributed by atoms with Crippen LogP contribution in [0.4, 0.5) is 0 Å². The van der Waals surface area contributed by atoms with Gasteiger partial charge in [0.05, 0.1) is 18.5 Å². The summed E-state index contributed by atoms with van der Waals surface area (Å²) >= 11 is 0. The monoisotopic (exact) mass is 279 g/mol. The highest BCUT2D eigenvalue weighted by Crippen LogP contribution is 2.28. The van der Waals surface area contributed by atoms with Gasteiger partial charge in [0.2, 0.25) is 17.7 Å². The minimum Gasteiger partial charge on any atom is -0.344 e. The van der Waals surface area contributed by atoms with Gasteiger partial charge in [-0.05, 0) is 19.3 Å². The van der Waals surface area contributed by atoms with Gasteiger partial charge in [0.15, 0.2) is 0 Å². The van der Waals surface area contributed by atoms with E-state index in [0.29, 0.717) is 13.0 Å². The van der Waals surface area contributed by atoms with Crippen LogP contribution in [0, 0.1) is 0 Å². The van der Waals surface area contributed by atoms with Gasteiger partial charge in [0.1, 0.15) is 0 Å². The summed E-state index contributed by atoms with van der Waals surface area (Å²) in [5.41, 5.74) is 0. The van der Waals surface area contributed by atoms with Crippen LogP contribution in [0.3, 0.4) is 0 Å². The molecule has 6 heteroatoms. The first-order valence-corrected chi connectivity index (χ1v) is 7.45. The lowest BCUT2D eigenvalue weighted by atomic mass is 10.1. The lowest BCUT2D eigenvalue weighted by Gasteiger charge is -2.23. The Morgan fingerprint density at radius 1 is 1.00 bits per heavy atom. The normalized spacial score (nSPS) is 31.9. The number of imide groups is 1. The zero-order valence-electron chi connectivity index (χ0n) is 11.8. The summed E-state index contributed by atoms with van der Waals surface area (Å²) in [5.74, 6) is -0.202. The third kappa shape index (κ3) is 2.22. The number of amides is 3. The van der Waals surface area contributed by atoms with Crippen molar-refractivity contribution in [2.24, 2.45) is 0 Å². The minimum absolute atomic E-state index is 0.0181. The Balaban J connectivity index is 1.65. The molecule has 20 heavy (non-hydrogen) atoms. The average Bonchev–Trinajstić information content (AvgIpc) is 3.09. The van der Waals surface area contributed by atoms with E-state index in [2.05, 4.69) is 5.32 Å². The Hall–Kier alpha value is -1.43. The van der Waals surface area contributed by atoms with Gasteiger partial charge in [-0.25, -0.2) is 0 Å². The van der Waals surface area contributed by atoms with Crippen LogP contribution >= 0.6 is 0 Å². The summed E-state index contributed by atoms with van der Waals surface area (Å²) in [6.07, 6.45) is 4.93. The maximum Gasteiger partial charge on any atom is 0.247 e. The molecule has 1 N–H and O–H groups in total. The van der Waals surface area contributed by atoms with Crippen LogP contribution in [-0.4, -0.2) is 59.2 Å². The molecule has 2 atom stereocenters. The highest BCUT2D eigenvalue weighted by Gasteiger charge is 2.44. The van der Waals surface area contributed by atoms with Crippen LogP contribution in [0.25, 0.3) is 0 Å². The van der Waals surface area contributed by atoms with E-state index in [1.807, 2.05) is 0 Å². The van der Waals surface area contributed by atoms with Gasteiger partial charge in [0.25, 0.3) is 0 Å². The number of hydrogen-bond donors (Lipinski definition) is 1. The molecule has 2 unspecified atom stereocenters. The summed E-state index contributed by atoms with van der Waals surface area (Å²) in [5, 5.41) is 3.09. The van der Waals surface area contributed by atoms with Crippen LogP contribution < -0.4 is 5.32 Å². The molecular formula is C14H21N3O3. The maximum atomic E-state index is 12.4. The van der Waals surface area contributed by atoms with E-state index in [9.17, 15) is 14.4 Å². The van der Waals surface area contributed by atoms with Gasteiger partial charge in [-0.1, -0.05) is 12.8 Å². The highest BCUT2D eigenvalue weighted by molar-refractivity contribution is 6.06. The van der Waals surface area contributed by atoms with Gasteiger partial charge < -0.3 is 4.90 Å². The molecule has 0 radical (unpaired) electrons. The van der Waals surface area contributed by atoms with Crippen molar-refractivity contribution >= 4 is 17.7 Å². The van der Waals surface area contributed by atoms with Gasteiger partial charge in [0, 0.05) is 19.6 Å². The maximum absolute atomic E-state index is 12.4. The molecule has 2 aliphatic heterocycles. The fourth-order valence-corrected chi connectivity index (χ4v) is 3.55. The van der Waals surface area contributed by atoms with Crippen molar-refractivity contribution in [2.45, 2.75) is 56.7 Å². The van der Waals surface area contributed by atoms with Crippen molar-refractivity contribution < 1.29 is 14.4 Å². The molecule has 0 spiro atoms. The fraction of sp³-hybridized carbons (Fsp3) is 0.786. The third-order valence-electron chi connectivity index (χ3n) is 4.70. The summed E-state index contributed by atoms with van der Waals surface area (Å²) in [4.78, 5) is 39.5. The second kappa shape index (κ2) is 5.16. The van der Waals surface area contributed by atoms with E-state index >= 15 is 0 Å². The zero-order chi connectivity index (χ0) is 14.3. The van der Waals surface area contributed by atoms with Crippen LogP contribution in [-0.2, 0) is 14.4 Å². The Labute approximate surface area is 118 Å². The minimum atomic E-state index is -0.511. The molecule has 3 amide bonds. The van der Waals surface area contributed by atoms with Gasteiger partial charge in [-0.3, -0.25) is 24.6 Å². The number of carbonyl (C=O) groups excluding carboxylic acids is 3. The first-order chi connectivity index (χ1) is 9.58. The molecule has 0 bridgehead atoms. The number of nitrogens with one attached hydrogen (secondary N) is 1. The SMILES string of the molecule is CN1CCC(NC2CC(=O)N(C3CCCC3)C2=O)C1=O. The molecule has 6 nitrogen and oxygen atoms in total. The predicted molar refractivity (Wildman–Crippen MR) is 71.7 cm³/mol. The van der Waals surface area contributed by atoms with Gasteiger partial charge in [-0.2, -0.15) is 0 Å². The number of rotatable bonds is 3. The Bertz CT molecular complexity index is 445. The molecule has 0 aromatic carbocycles. The second-order valence-electron chi connectivity index (χ2n) is 6.06. The lowest BCUT2D eigenvalue weighted by Crippen LogP contribution is -2.48. The summed E-state index contributed by atoms with van der Waals surface area (Å²) in [7, 11) is 1.76. The number of hydrogen-bond acceptors (Lipinski definition) is 4. The molecule has 3 rings (SSSR count). The van der Waals surface area contributed by atoms with Crippen molar-refractivity contribution in [1.82, 2.24) is 15.1 Å². The zero-order valence-corrected chi connectivity index (χ0v) is 11.8. The summed E-state index contributed by atoms with van der Waals surface area (Å²) in [6, 6.07) is -0.738. The number of likely N-dealkylation sites (N-methyl/N-ethyl adjacent to an activating group) is 1. The van der Waals surface area contributed by atoms with Crippen molar-refractivity contribution in [3.8, 4) is 0 Å². The Morgan fingerprint density at radius 3 is 2.30 bits per heavy atom. The van der Waals surface area contributed by atoms with Crippen LogP contribution in [0.2, 0.25) is 0 Å². The predicted octanol–water partition coefficient (Wildman–Crippen LogP) is -0.123. The molecular weight excluding hydrogens is 258 g/mol. The molecule has 110 valence electrons. The van der Waals surface area contributed by atoms with E-state index in [4.69, 9.17) is 0 Å². The third-order valence-corrected chi connectivity index (χ3v) is 4.70. The van der Waals surface area contributed by atoms with E-state index in [-0.39, 0.29) is 36.2 Å². The smallest absolute Gasteiger partial charge is 0.247 e. The molecule has 3 fully saturated rings. The van der Waals surface area contributed by atoms with Crippen LogP contribution in [0.15, 0.2) is 0 Å². The number of likely N-dealkylation sites (tertiary alicyclic amines) is 2. The van der Waals surface area contributed by atoms with Crippen molar-refractivity contribution in [2.75, 3.05) is 13.6 Å². The van der Waals surface area contributed by atoms with E-state index in [1.165, 1.54) is 4.90 Å². The summed E-state index contributed by atoms with van der Waals surface area (Å²) < 4.78 is 0. The first kappa shape index (κ1) is 13.5.